The van der Waals surface area contributed by atoms with Gasteiger partial charge in [-0.15, -0.1) is 0 Å². The van der Waals surface area contributed by atoms with Gasteiger partial charge in [0.05, 0.1) is 17.4 Å². The lowest BCUT2D eigenvalue weighted by molar-refractivity contribution is 0.761. The molecule has 0 aromatic carbocycles. The van der Waals surface area contributed by atoms with Gasteiger partial charge in [-0.3, -0.25) is 0 Å². The van der Waals surface area contributed by atoms with Gasteiger partial charge in [0.15, 0.2) is 5.82 Å². The van der Waals surface area contributed by atoms with Crippen molar-refractivity contribution in [3.8, 4) is 5.82 Å². The lowest BCUT2D eigenvalue weighted by Crippen LogP contribution is -2.11. The summed E-state index contributed by atoms with van der Waals surface area (Å²) in [6, 6.07) is 3.70. The van der Waals surface area contributed by atoms with E-state index in [1.54, 1.807) is 23.3 Å². The van der Waals surface area contributed by atoms with Crippen LogP contribution in [-0.4, -0.2) is 14.8 Å². The van der Waals surface area contributed by atoms with E-state index < -0.39 is 0 Å². The summed E-state index contributed by atoms with van der Waals surface area (Å²) in [5.74, 6) is 0.722. The van der Waals surface area contributed by atoms with Gasteiger partial charge in [0.25, 0.3) is 0 Å². The van der Waals surface area contributed by atoms with E-state index in [9.17, 15) is 0 Å². The minimum absolute atomic E-state index is 0.0864. The standard InChI is InChI=1S/C10H11ClN4/c1-7(12)9-3-2-4-13-10(9)15-6-8(11)5-14-15/h2-7H,12H2,1H3/t7-/m0/s1. The quantitative estimate of drug-likeness (QED) is 0.845. The molecule has 15 heavy (non-hydrogen) atoms. The minimum atomic E-state index is -0.0864. The largest absolute Gasteiger partial charge is 0.324 e. The molecule has 0 amide bonds. The molecule has 2 aromatic heterocycles. The highest BCUT2D eigenvalue weighted by Crippen LogP contribution is 2.18. The van der Waals surface area contributed by atoms with E-state index in [0.29, 0.717) is 5.02 Å². The Labute approximate surface area is 92.7 Å². The van der Waals surface area contributed by atoms with Crippen LogP contribution in [0, 0.1) is 0 Å². The maximum atomic E-state index is 5.84. The van der Waals surface area contributed by atoms with Gasteiger partial charge < -0.3 is 5.73 Å². The average molecular weight is 223 g/mol. The molecule has 2 N–H and O–H groups in total. The second-order valence-electron chi connectivity index (χ2n) is 3.31. The van der Waals surface area contributed by atoms with Crippen LogP contribution in [0.1, 0.15) is 18.5 Å². The van der Waals surface area contributed by atoms with Crippen LogP contribution in [0.15, 0.2) is 30.7 Å². The van der Waals surface area contributed by atoms with E-state index in [0.717, 1.165) is 11.4 Å². The van der Waals surface area contributed by atoms with Crippen LogP contribution in [0.4, 0.5) is 0 Å². The van der Waals surface area contributed by atoms with Crippen molar-refractivity contribution in [1.82, 2.24) is 14.8 Å². The van der Waals surface area contributed by atoms with Crippen LogP contribution in [0.25, 0.3) is 5.82 Å². The number of aromatic nitrogens is 3. The molecule has 0 aliphatic heterocycles. The number of halogens is 1. The highest BCUT2D eigenvalue weighted by molar-refractivity contribution is 6.30. The summed E-state index contributed by atoms with van der Waals surface area (Å²) in [5, 5.41) is 4.68. The van der Waals surface area contributed by atoms with E-state index in [-0.39, 0.29) is 6.04 Å². The fraction of sp³-hybridized carbons (Fsp3) is 0.200. The maximum Gasteiger partial charge on any atom is 0.158 e. The van der Waals surface area contributed by atoms with Gasteiger partial charge in [-0.1, -0.05) is 17.7 Å². The lowest BCUT2D eigenvalue weighted by atomic mass is 10.1. The topological polar surface area (TPSA) is 56.7 Å². The number of rotatable bonds is 2. The van der Waals surface area contributed by atoms with Crippen molar-refractivity contribution in [3.63, 3.8) is 0 Å². The van der Waals surface area contributed by atoms with Gasteiger partial charge in [-0.25, -0.2) is 9.67 Å². The zero-order valence-electron chi connectivity index (χ0n) is 8.26. The van der Waals surface area contributed by atoms with Gasteiger partial charge >= 0.3 is 0 Å². The van der Waals surface area contributed by atoms with Crippen molar-refractivity contribution >= 4 is 11.6 Å². The first-order valence-corrected chi connectivity index (χ1v) is 4.97. The zero-order valence-corrected chi connectivity index (χ0v) is 9.02. The van der Waals surface area contributed by atoms with Crippen molar-refractivity contribution in [3.05, 3.63) is 41.3 Å². The molecule has 2 heterocycles. The third-order valence-electron chi connectivity index (χ3n) is 2.08. The molecule has 0 radical (unpaired) electrons. The van der Waals surface area contributed by atoms with Gasteiger partial charge in [0.1, 0.15) is 0 Å². The van der Waals surface area contributed by atoms with Crippen molar-refractivity contribution in [2.45, 2.75) is 13.0 Å². The molecular formula is C10H11ClN4. The Morgan fingerprint density at radius 3 is 2.93 bits per heavy atom. The molecule has 0 spiro atoms. The van der Waals surface area contributed by atoms with Crippen LogP contribution in [0.3, 0.4) is 0 Å². The SMILES string of the molecule is C[C@H](N)c1cccnc1-n1cc(Cl)cn1. The van der Waals surface area contributed by atoms with Gasteiger partial charge in [-0.2, -0.15) is 5.10 Å². The molecular weight excluding hydrogens is 212 g/mol. The third kappa shape index (κ3) is 2.00. The molecule has 2 rings (SSSR count). The molecule has 2 aromatic rings. The highest BCUT2D eigenvalue weighted by Gasteiger charge is 2.09. The fourth-order valence-electron chi connectivity index (χ4n) is 1.37. The Bertz CT molecular complexity index is 464. The predicted octanol–water partition coefficient (Wildman–Crippen LogP) is 1.94. The molecule has 0 saturated heterocycles. The predicted molar refractivity (Wildman–Crippen MR) is 59.0 cm³/mol. The van der Waals surface area contributed by atoms with Crippen molar-refractivity contribution in [1.29, 1.82) is 0 Å². The van der Waals surface area contributed by atoms with E-state index in [4.69, 9.17) is 17.3 Å². The van der Waals surface area contributed by atoms with E-state index >= 15 is 0 Å². The number of hydrogen-bond acceptors (Lipinski definition) is 3. The van der Waals surface area contributed by atoms with E-state index in [1.165, 1.54) is 0 Å². The first-order chi connectivity index (χ1) is 7.18. The number of nitrogens with zero attached hydrogens (tertiary/aromatic N) is 3. The van der Waals surface area contributed by atoms with E-state index in [2.05, 4.69) is 10.1 Å². The molecule has 0 unspecified atom stereocenters. The fourth-order valence-corrected chi connectivity index (χ4v) is 1.51. The minimum Gasteiger partial charge on any atom is -0.324 e. The summed E-state index contributed by atoms with van der Waals surface area (Å²) in [6.45, 7) is 1.91. The molecule has 5 heteroatoms. The molecule has 0 aliphatic rings. The van der Waals surface area contributed by atoms with Crippen LogP contribution in [-0.2, 0) is 0 Å². The summed E-state index contributed by atoms with van der Waals surface area (Å²) in [5.41, 5.74) is 6.79. The Balaban J connectivity index is 2.52. The summed E-state index contributed by atoms with van der Waals surface area (Å²) in [6.07, 6.45) is 4.98. The summed E-state index contributed by atoms with van der Waals surface area (Å²) in [7, 11) is 0. The van der Waals surface area contributed by atoms with Crippen LogP contribution < -0.4 is 5.73 Å². The lowest BCUT2D eigenvalue weighted by Gasteiger charge is -2.10. The van der Waals surface area contributed by atoms with Crippen molar-refractivity contribution in [2.75, 3.05) is 0 Å². The maximum absolute atomic E-state index is 5.84. The first-order valence-electron chi connectivity index (χ1n) is 4.59. The highest BCUT2D eigenvalue weighted by atomic mass is 35.5. The summed E-state index contributed by atoms with van der Waals surface area (Å²) in [4.78, 5) is 4.25. The summed E-state index contributed by atoms with van der Waals surface area (Å²) < 4.78 is 1.63. The average Bonchev–Trinajstić information content (AvgIpc) is 2.65. The van der Waals surface area contributed by atoms with E-state index in [1.807, 2.05) is 19.1 Å². The van der Waals surface area contributed by atoms with Gasteiger partial charge in [0.2, 0.25) is 0 Å². The smallest absolute Gasteiger partial charge is 0.158 e. The monoisotopic (exact) mass is 222 g/mol. The van der Waals surface area contributed by atoms with Crippen LogP contribution >= 0.6 is 11.6 Å². The Morgan fingerprint density at radius 1 is 1.53 bits per heavy atom. The zero-order chi connectivity index (χ0) is 10.8. The van der Waals surface area contributed by atoms with Gasteiger partial charge in [0, 0.05) is 17.8 Å². The molecule has 0 saturated carbocycles. The second kappa shape index (κ2) is 4.00. The molecule has 0 aliphatic carbocycles. The Hall–Kier alpha value is -1.39. The molecule has 0 fully saturated rings. The Kier molecular flexibility index (Phi) is 2.70. The normalized spacial score (nSPS) is 12.7. The number of pyridine rings is 1. The number of nitrogens with two attached hydrogens (primary N) is 1. The van der Waals surface area contributed by atoms with Gasteiger partial charge in [-0.05, 0) is 13.0 Å². The van der Waals surface area contributed by atoms with Crippen molar-refractivity contribution < 1.29 is 0 Å². The van der Waals surface area contributed by atoms with Crippen LogP contribution in [0.5, 0.6) is 0 Å². The van der Waals surface area contributed by atoms with Crippen molar-refractivity contribution in [2.24, 2.45) is 5.73 Å². The molecule has 4 nitrogen and oxygen atoms in total. The first kappa shape index (κ1) is 10.1. The van der Waals surface area contributed by atoms with Crippen LogP contribution in [0.2, 0.25) is 5.02 Å². The third-order valence-corrected chi connectivity index (χ3v) is 2.27. The second-order valence-corrected chi connectivity index (χ2v) is 3.74. The molecule has 1 atom stereocenters. The Morgan fingerprint density at radius 2 is 2.33 bits per heavy atom. The molecule has 0 bridgehead atoms. The molecule has 78 valence electrons. The summed E-state index contributed by atoms with van der Waals surface area (Å²) >= 11 is 5.80. The number of hydrogen-bond donors (Lipinski definition) is 1.